The number of likely N-dealkylation sites (tertiary alicyclic amines) is 1. The fourth-order valence-electron chi connectivity index (χ4n) is 1.93. The van der Waals surface area contributed by atoms with Crippen LogP contribution in [0.4, 0.5) is 0 Å². The summed E-state index contributed by atoms with van der Waals surface area (Å²) in [6.45, 7) is 5.36. The minimum atomic E-state index is -0.236. The molecular weight excluding hydrogens is 164 g/mol. The molecular formula is C10H18N2O. The fraction of sp³-hybridized carbons (Fsp3) is 0.900. The smallest absolute Gasteiger partial charge is 0.0691 e. The van der Waals surface area contributed by atoms with E-state index in [9.17, 15) is 0 Å². The molecule has 1 fully saturated rings. The number of nitrogens with zero attached hydrogens (tertiary/aromatic N) is 2. The van der Waals surface area contributed by atoms with Gasteiger partial charge in [-0.25, -0.2) is 0 Å². The lowest BCUT2D eigenvalue weighted by molar-refractivity contribution is 0.121. The molecule has 0 spiro atoms. The Morgan fingerprint density at radius 3 is 2.46 bits per heavy atom. The van der Waals surface area contributed by atoms with E-state index in [0.717, 1.165) is 32.5 Å². The number of aliphatic hydroxyl groups is 1. The molecule has 0 radical (unpaired) electrons. The Bertz CT molecular complexity index is 190. The molecule has 0 amide bonds. The second-order valence-corrected chi connectivity index (χ2v) is 3.80. The van der Waals surface area contributed by atoms with Crippen LogP contribution in [-0.2, 0) is 0 Å². The highest BCUT2D eigenvalue weighted by Gasteiger charge is 2.33. The minimum Gasteiger partial charge on any atom is -0.396 e. The second kappa shape index (κ2) is 4.59. The zero-order valence-corrected chi connectivity index (χ0v) is 8.29. The summed E-state index contributed by atoms with van der Waals surface area (Å²) in [4.78, 5) is 2.35. The molecule has 74 valence electrons. The highest BCUT2D eigenvalue weighted by atomic mass is 16.3. The predicted octanol–water partition coefficient (Wildman–Crippen LogP) is 0.994. The van der Waals surface area contributed by atoms with Gasteiger partial charge in [0.05, 0.1) is 11.5 Å². The summed E-state index contributed by atoms with van der Waals surface area (Å²) in [7, 11) is 0. The fourth-order valence-corrected chi connectivity index (χ4v) is 1.93. The zero-order valence-electron chi connectivity index (χ0n) is 8.29. The van der Waals surface area contributed by atoms with Gasteiger partial charge in [0.2, 0.25) is 0 Å². The normalized spacial score (nSPS) is 22.5. The van der Waals surface area contributed by atoms with Crippen LogP contribution in [0.5, 0.6) is 0 Å². The van der Waals surface area contributed by atoms with E-state index in [1.165, 1.54) is 0 Å². The molecule has 1 N–H and O–H groups in total. The van der Waals surface area contributed by atoms with Crippen LogP contribution in [0.2, 0.25) is 0 Å². The molecule has 3 nitrogen and oxygen atoms in total. The number of rotatable bonds is 3. The van der Waals surface area contributed by atoms with Gasteiger partial charge < -0.3 is 10.0 Å². The largest absolute Gasteiger partial charge is 0.396 e. The number of hydrogen-bond donors (Lipinski definition) is 1. The van der Waals surface area contributed by atoms with Gasteiger partial charge >= 0.3 is 0 Å². The van der Waals surface area contributed by atoms with Crippen molar-refractivity contribution >= 4 is 0 Å². The summed E-state index contributed by atoms with van der Waals surface area (Å²) < 4.78 is 0. The molecule has 0 bridgehead atoms. The highest BCUT2D eigenvalue weighted by molar-refractivity contribution is 5.01. The van der Waals surface area contributed by atoms with Crippen molar-refractivity contribution in [2.75, 3.05) is 26.2 Å². The van der Waals surface area contributed by atoms with Crippen molar-refractivity contribution in [2.45, 2.75) is 26.2 Å². The van der Waals surface area contributed by atoms with E-state index in [1.54, 1.807) is 0 Å². The number of piperidine rings is 1. The average Bonchev–Trinajstić information content (AvgIpc) is 2.19. The first-order valence-corrected chi connectivity index (χ1v) is 5.01. The van der Waals surface area contributed by atoms with Gasteiger partial charge in [0.25, 0.3) is 0 Å². The Morgan fingerprint density at radius 1 is 1.46 bits per heavy atom. The maximum atomic E-state index is 9.05. The van der Waals surface area contributed by atoms with Crippen LogP contribution in [0.15, 0.2) is 0 Å². The molecule has 1 aliphatic rings. The topological polar surface area (TPSA) is 47.3 Å². The Labute approximate surface area is 80.0 Å². The first-order chi connectivity index (χ1) is 6.26. The van der Waals surface area contributed by atoms with E-state index in [1.807, 2.05) is 0 Å². The zero-order chi connectivity index (χ0) is 9.73. The Balaban J connectivity index is 2.49. The summed E-state index contributed by atoms with van der Waals surface area (Å²) in [5.41, 5.74) is -0.236. The number of aliphatic hydroxyl groups excluding tert-OH is 1. The van der Waals surface area contributed by atoms with Crippen molar-refractivity contribution in [2.24, 2.45) is 5.41 Å². The Hall–Kier alpha value is -0.590. The van der Waals surface area contributed by atoms with Crippen LogP contribution in [0, 0.1) is 16.7 Å². The molecule has 0 saturated carbocycles. The molecule has 0 atom stereocenters. The van der Waals surface area contributed by atoms with Gasteiger partial charge in [0.1, 0.15) is 0 Å². The van der Waals surface area contributed by atoms with Gasteiger partial charge in [0, 0.05) is 6.61 Å². The molecule has 0 aliphatic carbocycles. The molecule has 13 heavy (non-hydrogen) atoms. The van der Waals surface area contributed by atoms with Gasteiger partial charge in [-0.2, -0.15) is 5.26 Å². The van der Waals surface area contributed by atoms with Crippen LogP contribution < -0.4 is 0 Å². The third-order valence-electron chi connectivity index (χ3n) is 3.09. The lowest BCUT2D eigenvalue weighted by Crippen LogP contribution is -2.39. The van der Waals surface area contributed by atoms with Gasteiger partial charge in [-0.15, -0.1) is 0 Å². The molecule has 1 aliphatic heterocycles. The van der Waals surface area contributed by atoms with Crippen molar-refractivity contribution in [1.29, 1.82) is 5.26 Å². The molecule has 0 unspecified atom stereocenters. The number of nitriles is 1. The summed E-state index contributed by atoms with van der Waals surface area (Å²) >= 11 is 0. The SMILES string of the molecule is CCN1CCC(C#N)(CCO)CC1. The van der Waals surface area contributed by atoms with Crippen molar-refractivity contribution in [3.05, 3.63) is 0 Å². The summed E-state index contributed by atoms with van der Waals surface area (Å²) in [5, 5.41) is 17.9. The van der Waals surface area contributed by atoms with Crippen molar-refractivity contribution in [3.63, 3.8) is 0 Å². The molecule has 0 aromatic rings. The molecule has 1 rings (SSSR count). The Morgan fingerprint density at radius 2 is 2.08 bits per heavy atom. The molecule has 0 aromatic heterocycles. The summed E-state index contributed by atoms with van der Waals surface area (Å²) in [6.07, 6.45) is 2.47. The van der Waals surface area contributed by atoms with E-state index < -0.39 is 0 Å². The van der Waals surface area contributed by atoms with E-state index in [-0.39, 0.29) is 12.0 Å². The van der Waals surface area contributed by atoms with Crippen molar-refractivity contribution in [1.82, 2.24) is 4.90 Å². The lowest BCUT2D eigenvalue weighted by Gasteiger charge is -2.36. The monoisotopic (exact) mass is 182 g/mol. The van der Waals surface area contributed by atoms with Crippen LogP contribution in [-0.4, -0.2) is 36.2 Å². The quantitative estimate of drug-likeness (QED) is 0.708. The average molecular weight is 182 g/mol. The van der Waals surface area contributed by atoms with Gasteiger partial charge in [-0.3, -0.25) is 0 Å². The van der Waals surface area contributed by atoms with Crippen LogP contribution >= 0.6 is 0 Å². The van der Waals surface area contributed by atoms with Crippen molar-refractivity contribution in [3.8, 4) is 6.07 Å². The van der Waals surface area contributed by atoms with Crippen molar-refractivity contribution < 1.29 is 5.11 Å². The second-order valence-electron chi connectivity index (χ2n) is 3.80. The first-order valence-electron chi connectivity index (χ1n) is 5.01. The van der Waals surface area contributed by atoms with E-state index >= 15 is 0 Å². The van der Waals surface area contributed by atoms with Gasteiger partial charge in [-0.05, 0) is 38.9 Å². The maximum absolute atomic E-state index is 9.05. The lowest BCUT2D eigenvalue weighted by atomic mass is 9.77. The molecule has 1 heterocycles. The standard InChI is InChI=1S/C10H18N2O/c1-2-12-6-3-10(9-11,4-7-12)5-8-13/h13H,2-8H2,1H3. The predicted molar refractivity (Wildman–Crippen MR) is 51.1 cm³/mol. The van der Waals surface area contributed by atoms with Gasteiger partial charge in [0.15, 0.2) is 0 Å². The third-order valence-corrected chi connectivity index (χ3v) is 3.09. The summed E-state index contributed by atoms with van der Waals surface area (Å²) in [6, 6.07) is 2.38. The first kappa shape index (κ1) is 10.5. The van der Waals surface area contributed by atoms with E-state index in [0.29, 0.717) is 6.42 Å². The maximum Gasteiger partial charge on any atom is 0.0691 e. The summed E-state index contributed by atoms with van der Waals surface area (Å²) in [5.74, 6) is 0. The van der Waals surface area contributed by atoms with Crippen LogP contribution in [0.25, 0.3) is 0 Å². The van der Waals surface area contributed by atoms with E-state index in [2.05, 4.69) is 17.9 Å². The number of hydrogen-bond acceptors (Lipinski definition) is 3. The molecule has 1 saturated heterocycles. The highest BCUT2D eigenvalue weighted by Crippen LogP contribution is 2.33. The van der Waals surface area contributed by atoms with Gasteiger partial charge in [-0.1, -0.05) is 6.92 Å². The molecule has 3 heteroatoms. The minimum absolute atomic E-state index is 0.139. The molecule has 0 aromatic carbocycles. The third kappa shape index (κ3) is 2.43. The van der Waals surface area contributed by atoms with E-state index in [4.69, 9.17) is 10.4 Å². The van der Waals surface area contributed by atoms with Crippen LogP contribution in [0.1, 0.15) is 26.2 Å². The Kier molecular flexibility index (Phi) is 3.71. The van der Waals surface area contributed by atoms with Crippen LogP contribution in [0.3, 0.4) is 0 Å².